The molecule has 4 aliphatic rings. The van der Waals surface area contributed by atoms with Crippen LogP contribution in [0.25, 0.3) is 0 Å². The summed E-state index contributed by atoms with van der Waals surface area (Å²) >= 11 is 0. The van der Waals surface area contributed by atoms with E-state index in [1.54, 1.807) is 0 Å². The van der Waals surface area contributed by atoms with Gasteiger partial charge in [0.15, 0.2) is 5.78 Å². The first-order valence-electron chi connectivity index (χ1n) is 11.3. The van der Waals surface area contributed by atoms with Crippen molar-refractivity contribution in [1.29, 1.82) is 0 Å². The monoisotopic (exact) mass is 540 g/mol. The summed E-state index contributed by atoms with van der Waals surface area (Å²) in [6.07, 6.45) is 7.95. The average Bonchev–Trinajstić information content (AvgIpc) is 3.01. The van der Waals surface area contributed by atoms with E-state index < -0.39 is 7.14 Å². The van der Waals surface area contributed by atoms with Gasteiger partial charge in [0.05, 0.1) is 0 Å². The van der Waals surface area contributed by atoms with Crippen LogP contribution >= 0.6 is 47.6 Å². The maximum atomic E-state index is 13.0. The number of fused-ring (bicyclic) bond motifs is 4. The summed E-state index contributed by atoms with van der Waals surface area (Å²) in [5.41, 5.74) is 5.17. The predicted molar refractivity (Wildman–Crippen MR) is 159 cm³/mol. The number of allylic oxidation sites excluding steroid dienone is 4. The third kappa shape index (κ3) is 5.08. The van der Waals surface area contributed by atoms with Crippen LogP contribution in [-0.4, -0.2) is 24.9 Å². The molecule has 3 nitrogen and oxygen atoms in total. The van der Waals surface area contributed by atoms with E-state index in [0.717, 1.165) is 37.4 Å². The number of hydrogen-bond acceptors (Lipinski definition) is 3. The average molecular weight is 541 g/mol. The van der Waals surface area contributed by atoms with Gasteiger partial charge < -0.3 is 4.57 Å². The van der Waals surface area contributed by atoms with Gasteiger partial charge in [0.1, 0.15) is 12.9 Å². The Morgan fingerprint density at radius 2 is 1.56 bits per heavy atom. The van der Waals surface area contributed by atoms with Gasteiger partial charge in [-0.1, -0.05) is 44.2 Å². The fraction of sp³-hybridized carbons (Fsp3) is 0.556. The molecule has 0 N–H and O–H groups in total. The summed E-state index contributed by atoms with van der Waals surface area (Å²) in [4.78, 5) is 25.1. The van der Waals surface area contributed by atoms with Crippen molar-refractivity contribution in [2.45, 2.75) is 65.2 Å². The van der Waals surface area contributed by atoms with E-state index in [9.17, 15) is 14.2 Å². The quantitative estimate of drug-likeness (QED) is 0.409. The smallest absolute Gasteiger partial charge is 0.156 e. The molecule has 34 heavy (non-hydrogen) atoms. The molecule has 7 heteroatoms. The van der Waals surface area contributed by atoms with Crippen LogP contribution in [-0.2, 0) is 14.2 Å². The molecular weight excluding hydrogens is 499 g/mol. The van der Waals surface area contributed by atoms with Crippen LogP contribution in [0.2, 0.25) is 0 Å². The SMILES string of the molecule is C.C[C@]12C[C@H](c3ccc(P(C)(C)=O)cc3)C3=C4CCC(=O)C=C4CC[C@H]3[C@@H]1CCC2=O.S.S.S. The molecule has 2 fully saturated rings. The Morgan fingerprint density at radius 3 is 2.18 bits per heavy atom. The largest absolute Gasteiger partial charge is 0.319 e. The predicted octanol–water partition coefficient (Wildman–Crippen LogP) is 6.38. The van der Waals surface area contributed by atoms with Gasteiger partial charge in [0.2, 0.25) is 0 Å². The molecule has 5 rings (SSSR count). The summed E-state index contributed by atoms with van der Waals surface area (Å²) in [6, 6.07) is 8.31. The Balaban J connectivity index is 0.00000144. The van der Waals surface area contributed by atoms with Crippen molar-refractivity contribution in [3.63, 3.8) is 0 Å². The number of carbonyl (C=O) groups is 2. The van der Waals surface area contributed by atoms with Crippen LogP contribution in [0.1, 0.15) is 70.8 Å². The summed E-state index contributed by atoms with van der Waals surface area (Å²) < 4.78 is 12.5. The Morgan fingerprint density at radius 1 is 0.912 bits per heavy atom. The van der Waals surface area contributed by atoms with Crippen molar-refractivity contribution in [2.75, 3.05) is 13.3 Å². The lowest BCUT2D eigenvalue weighted by Gasteiger charge is -2.50. The van der Waals surface area contributed by atoms with Crippen molar-refractivity contribution in [1.82, 2.24) is 0 Å². The van der Waals surface area contributed by atoms with Gasteiger partial charge >= 0.3 is 0 Å². The van der Waals surface area contributed by atoms with Crippen LogP contribution < -0.4 is 5.30 Å². The Bertz CT molecular complexity index is 1050. The highest BCUT2D eigenvalue weighted by Crippen LogP contribution is 2.62. The van der Waals surface area contributed by atoms with Crippen LogP contribution in [0.5, 0.6) is 0 Å². The van der Waals surface area contributed by atoms with Gasteiger partial charge in [-0.3, -0.25) is 9.59 Å². The molecular formula is C27H41O3PS3. The van der Waals surface area contributed by atoms with Gasteiger partial charge in [-0.05, 0) is 80.1 Å². The Labute approximate surface area is 226 Å². The van der Waals surface area contributed by atoms with E-state index in [1.807, 2.05) is 31.5 Å². The molecule has 0 aromatic heterocycles. The molecule has 190 valence electrons. The van der Waals surface area contributed by atoms with E-state index in [2.05, 4.69) is 19.1 Å². The fourth-order valence-electron chi connectivity index (χ4n) is 6.80. The molecule has 0 aliphatic heterocycles. The Kier molecular flexibility index (Phi) is 10.3. The highest BCUT2D eigenvalue weighted by molar-refractivity contribution is 7.70. The number of carbonyl (C=O) groups excluding carboxylic acids is 2. The molecule has 0 saturated heterocycles. The van der Waals surface area contributed by atoms with Gasteiger partial charge in [-0.25, -0.2) is 0 Å². The second kappa shape index (κ2) is 11.2. The molecule has 0 spiro atoms. The molecule has 0 heterocycles. The minimum atomic E-state index is -2.29. The van der Waals surface area contributed by atoms with E-state index in [4.69, 9.17) is 0 Å². The molecule has 2 saturated carbocycles. The Hall–Kier alpha value is -0.680. The van der Waals surface area contributed by atoms with E-state index in [-0.39, 0.29) is 65.0 Å². The van der Waals surface area contributed by atoms with Gasteiger partial charge in [-0.2, -0.15) is 40.5 Å². The zero-order valence-electron chi connectivity index (χ0n) is 19.7. The van der Waals surface area contributed by atoms with Crippen LogP contribution in [0.15, 0.2) is 47.1 Å². The maximum absolute atomic E-state index is 13.0. The lowest BCUT2D eigenvalue weighted by Crippen LogP contribution is -2.43. The van der Waals surface area contributed by atoms with Crippen molar-refractivity contribution in [3.05, 3.63) is 52.6 Å². The number of benzene rings is 1. The molecule has 4 atom stereocenters. The highest BCUT2D eigenvalue weighted by atomic mass is 32.1. The number of rotatable bonds is 2. The molecule has 0 bridgehead atoms. The van der Waals surface area contributed by atoms with Crippen LogP contribution in [0.4, 0.5) is 0 Å². The van der Waals surface area contributed by atoms with E-state index in [0.29, 0.717) is 30.5 Å². The first-order chi connectivity index (χ1) is 14.2. The number of ketones is 2. The maximum Gasteiger partial charge on any atom is 0.156 e. The van der Waals surface area contributed by atoms with Crippen molar-refractivity contribution in [3.8, 4) is 0 Å². The summed E-state index contributed by atoms with van der Waals surface area (Å²) in [7, 11) is -2.29. The van der Waals surface area contributed by atoms with Gasteiger partial charge in [0.25, 0.3) is 0 Å². The number of hydrogen-bond donors (Lipinski definition) is 0. The minimum absolute atomic E-state index is 0. The van der Waals surface area contributed by atoms with E-state index >= 15 is 0 Å². The second-order valence-corrected chi connectivity index (χ2v) is 13.6. The summed E-state index contributed by atoms with van der Waals surface area (Å²) in [5.74, 6) is 1.79. The first kappa shape index (κ1) is 31.4. The normalized spacial score (nSPS) is 29.7. The highest BCUT2D eigenvalue weighted by Gasteiger charge is 2.56. The second-order valence-electron chi connectivity index (χ2n) is 10.4. The standard InChI is InChI=1S/C26H31O3P.CH4.3H2S/c1-26-15-22(16-4-8-19(9-5-16)30(2,3)29)25-20-11-7-18(27)14-17(20)6-10-21(25)23(26)12-13-24(26)28;;;;/h4-5,8-9,14,21-23H,6-7,10-13,15H2,1-3H3;1H4;3*1H2/t21-,22+,23-,26-;;;;/m0..../s1. The number of Topliss-reactive ketones (excluding diaryl/α,β-unsaturated/α-hetero) is 1. The molecule has 0 radical (unpaired) electrons. The van der Waals surface area contributed by atoms with Gasteiger partial charge in [0, 0.05) is 29.5 Å². The molecule has 1 aromatic carbocycles. The van der Waals surface area contributed by atoms with Crippen molar-refractivity contribution in [2.24, 2.45) is 17.3 Å². The first-order valence-corrected chi connectivity index (χ1v) is 13.9. The zero-order valence-corrected chi connectivity index (χ0v) is 23.6. The molecule has 0 unspecified atom stereocenters. The summed E-state index contributed by atoms with van der Waals surface area (Å²) in [5, 5.41) is 0.907. The topological polar surface area (TPSA) is 51.2 Å². The minimum Gasteiger partial charge on any atom is -0.319 e. The molecule has 0 amide bonds. The van der Waals surface area contributed by atoms with Crippen molar-refractivity contribution >= 4 is 64.5 Å². The zero-order chi connectivity index (χ0) is 21.3. The van der Waals surface area contributed by atoms with Crippen LogP contribution in [0, 0.1) is 17.3 Å². The lowest BCUT2D eigenvalue weighted by molar-refractivity contribution is -0.128. The fourth-order valence-corrected chi connectivity index (χ4v) is 7.66. The lowest BCUT2D eigenvalue weighted by atomic mass is 9.53. The van der Waals surface area contributed by atoms with E-state index in [1.165, 1.54) is 22.3 Å². The van der Waals surface area contributed by atoms with Crippen molar-refractivity contribution < 1.29 is 14.2 Å². The third-order valence-corrected chi connectivity index (χ3v) is 9.90. The molecule has 1 aromatic rings. The third-order valence-electron chi connectivity index (χ3n) is 8.36. The molecule has 4 aliphatic carbocycles. The van der Waals surface area contributed by atoms with Crippen LogP contribution in [0.3, 0.4) is 0 Å². The van der Waals surface area contributed by atoms with Gasteiger partial charge in [-0.15, -0.1) is 0 Å². The summed E-state index contributed by atoms with van der Waals surface area (Å²) in [6.45, 7) is 5.82.